The summed E-state index contributed by atoms with van der Waals surface area (Å²) in [5.41, 5.74) is 12.7. The van der Waals surface area contributed by atoms with Crippen molar-refractivity contribution in [1.29, 1.82) is 0 Å². The van der Waals surface area contributed by atoms with Gasteiger partial charge in [0.2, 0.25) is 0 Å². The van der Waals surface area contributed by atoms with Gasteiger partial charge in [-0.15, -0.1) is 0 Å². The van der Waals surface area contributed by atoms with Crippen molar-refractivity contribution in [3.05, 3.63) is 190 Å². The van der Waals surface area contributed by atoms with Crippen molar-refractivity contribution in [1.82, 2.24) is 0 Å². The summed E-state index contributed by atoms with van der Waals surface area (Å²) in [5.74, 6) is -3.27. The summed E-state index contributed by atoms with van der Waals surface area (Å²) in [7, 11) is 1.51. The van der Waals surface area contributed by atoms with E-state index in [2.05, 4.69) is 10.0 Å². The van der Waals surface area contributed by atoms with Crippen LogP contribution in [0, 0.1) is 0 Å². The van der Waals surface area contributed by atoms with Crippen LogP contribution in [0.5, 0.6) is 0 Å². The van der Waals surface area contributed by atoms with E-state index in [9.17, 15) is 29.8 Å². The highest BCUT2D eigenvalue weighted by atomic mass is 16.8. The Bertz CT molecular complexity index is 3140. The third-order valence-electron chi connectivity index (χ3n) is 15.8. The minimum absolute atomic E-state index is 0.00536. The van der Waals surface area contributed by atoms with Crippen LogP contribution in [0.4, 0.5) is 0 Å². The Balaban J connectivity index is 1.11. The van der Waals surface area contributed by atoms with E-state index in [-0.39, 0.29) is 58.2 Å². The highest BCUT2D eigenvalue weighted by Gasteiger charge is 2.58. The van der Waals surface area contributed by atoms with Gasteiger partial charge in [0.1, 0.15) is 54.9 Å². The van der Waals surface area contributed by atoms with Crippen LogP contribution in [-0.2, 0) is 121 Å². The van der Waals surface area contributed by atoms with E-state index >= 15 is 0 Å². The minimum atomic E-state index is -1.94. The maximum atomic E-state index is 14.0. The molecule has 0 aliphatic carbocycles. The molecule has 0 bridgehead atoms. The summed E-state index contributed by atoms with van der Waals surface area (Å²) in [5, 5.41) is 16.7. The lowest BCUT2D eigenvalue weighted by Crippen LogP contribution is -2.67. The van der Waals surface area contributed by atoms with Crippen LogP contribution in [0.15, 0.2) is 157 Å². The molecule has 4 fully saturated rings. The first kappa shape index (κ1) is 70.1. The Labute approximate surface area is 539 Å². The van der Waals surface area contributed by atoms with Gasteiger partial charge in [-0.25, -0.2) is 4.79 Å². The molecular weight excluding hydrogens is 1210 g/mol. The smallest absolute Gasteiger partial charge is 0.338 e. The fourth-order valence-corrected chi connectivity index (χ4v) is 11.4. The van der Waals surface area contributed by atoms with Crippen LogP contribution in [0.3, 0.4) is 0 Å². The Morgan fingerprint density at radius 3 is 1.51 bits per heavy atom. The molecule has 4 heterocycles. The van der Waals surface area contributed by atoms with E-state index < -0.39 is 147 Å². The number of azide groups is 1. The van der Waals surface area contributed by atoms with Crippen LogP contribution in [0.25, 0.3) is 10.4 Å². The van der Waals surface area contributed by atoms with Gasteiger partial charge in [-0.2, -0.15) is 0 Å². The van der Waals surface area contributed by atoms with Crippen molar-refractivity contribution in [3.63, 3.8) is 0 Å². The Kier molecular flexibility index (Phi) is 26.6. The number of methoxy groups -OCH3 is 1. The molecule has 9 rings (SSSR count). The zero-order valence-electron chi connectivity index (χ0n) is 52.6. The first-order chi connectivity index (χ1) is 45.2. The van der Waals surface area contributed by atoms with Gasteiger partial charge >= 0.3 is 23.9 Å². The fraction of sp³-hybridized carbons (Fsp3) is 0.500. The number of aliphatic hydroxyl groups excluding tert-OH is 1. The highest BCUT2D eigenvalue weighted by Crippen LogP contribution is 2.39. The topological polar surface area (TPSA) is 294 Å². The van der Waals surface area contributed by atoms with Crippen molar-refractivity contribution in [2.24, 2.45) is 5.11 Å². The molecule has 93 heavy (non-hydrogen) atoms. The number of hydrogen-bond acceptors (Lipinski definition) is 23. The van der Waals surface area contributed by atoms with Crippen LogP contribution >= 0.6 is 0 Å². The van der Waals surface area contributed by atoms with Crippen molar-refractivity contribution >= 4 is 23.9 Å². The molecule has 5 aromatic carbocycles. The average Bonchev–Trinajstić information content (AvgIpc) is 0.790. The van der Waals surface area contributed by atoms with E-state index in [0.29, 0.717) is 0 Å². The van der Waals surface area contributed by atoms with E-state index in [0.717, 1.165) is 43.0 Å². The third-order valence-corrected chi connectivity index (χ3v) is 15.8. The van der Waals surface area contributed by atoms with Crippen LogP contribution in [0.2, 0.25) is 0 Å². The van der Waals surface area contributed by atoms with Crippen molar-refractivity contribution < 1.29 is 105 Å². The Morgan fingerprint density at radius 2 is 0.968 bits per heavy atom. The summed E-state index contributed by atoms with van der Waals surface area (Å²) < 4.78 is 111. The zero-order valence-corrected chi connectivity index (χ0v) is 52.6. The fourth-order valence-electron chi connectivity index (χ4n) is 11.4. The first-order valence-corrected chi connectivity index (χ1v) is 30.9. The number of nitrogens with zero attached hydrogens (tertiary/aromatic N) is 3. The van der Waals surface area contributed by atoms with E-state index in [1.54, 1.807) is 18.2 Å². The number of rotatable bonds is 30. The van der Waals surface area contributed by atoms with Crippen molar-refractivity contribution in [3.8, 4) is 0 Å². The molecule has 0 saturated carbocycles. The molecule has 19 atom stereocenters. The SMILES string of the molecule is CO[C@@H]1[C@H](O[C@H]2[C@H](OCCCN=[N+]=[N-])O[C@H](COCc3ccccc3)[C@H](O[C@@H]3OC[C@H](OC(=O)c4ccccc4)[C@H](O[C@@H]4O[C@@H](C)[C@H](OC(C)=O)[C@@H](OC(C)=O)[C@H]4OC(C)=O)[C@H]3O)[C@@H]2OCc2ccccc2)O[C@@H](C)[C@@H](OCc2ccccc2)[C@H]1OCc1ccccc1. The largest absolute Gasteiger partial charge is 0.456 e. The van der Waals surface area contributed by atoms with Crippen LogP contribution < -0.4 is 0 Å². The Hall–Kier alpha value is -7.27. The lowest BCUT2D eigenvalue weighted by atomic mass is 9.96. The third kappa shape index (κ3) is 19.7. The lowest BCUT2D eigenvalue weighted by molar-refractivity contribution is -0.394. The molecule has 4 aliphatic rings. The monoisotopic (exact) mass is 1290 g/mol. The lowest BCUT2D eigenvalue weighted by Gasteiger charge is -2.51. The number of hydrogen-bond donors (Lipinski definition) is 1. The molecule has 0 unspecified atom stereocenters. The second kappa shape index (κ2) is 35.3. The average molecular weight is 1290 g/mol. The van der Waals surface area contributed by atoms with Crippen LogP contribution in [-0.4, -0.2) is 179 Å². The van der Waals surface area contributed by atoms with E-state index in [4.69, 9.17) is 80.5 Å². The molecule has 0 aromatic heterocycles. The zero-order chi connectivity index (χ0) is 65.6. The summed E-state index contributed by atoms with van der Waals surface area (Å²) in [6, 6.07) is 46.1. The summed E-state index contributed by atoms with van der Waals surface area (Å²) in [6.07, 6.45) is -24.7. The number of aliphatic hydroxyl groups is 1. The Morgan fingerprint density at radius 1 is 0.505 bits per heavy atom. The van der Waals surface area contributed by atoms with Gasteiger partial charge in [0, 0.05) is 45.9 Å². The highest BCUT2D eigenvalue weighted by molar-refractivity contribution is 5.89. The second-order valence-corrected chi connectivity index (χ2v) is 22.7. The maximum absolute atomic E-state index is 14.0. The number of carbonyl (C=O) groups is 4. The van der Waals surface area contributed by atoms with Crippen molar-refractivity contribution in [2.75, 3.05) is 33.5 Å². The molecule has 1 N–H and O–H groups in total. The molecule has 5 aromatic rings. The molecule has 25 nitrogen and oxygen atoms in total. The molecular formula is C68H81N3O22. The number of carbonyl (C=O) groups excluding carboxylic acids is 4. The molecule has 25 heteroatoms. The summed E-state index contributed by atoms with van der Waals surface area (Å²) >= 11 is 0. The molecule has 0 amide bonds. The minimum Gasteiger partial charge on any atom is -0.456 e. The van der Waals surface area contributed by atoms with Gasteiger partial charge in [-0.05, 0) is 60.2 Å². The summed E-state index contributed by atoms with van der Waals surface area (Å²) in [6.45, 7) is 6.58. The van der Waals surface area contributed by atoms with Gasteiger partial charge in [0.05, 0.1) is 57.4 Å². The number of esters is 4. The van der Waals surface area contributed by atoms with Gasteiger partial charge < -0.3 is 85.6 Å². The summed E-state index contributed by atoms with van der Waals surface area (Å²) in [4.78, 5) is 55.1. The van der Waals surface area contributed by atoms with Gasteiger partial charge in [-0.1, -0.05) is 145 Å². The van der Waals surface area contributed by atoms with Crippen molar-refractivity contribution in [2.45, 2.75) is 184 Å². The maximum Gasteiger partial charge on any atom is 0.338 e. The molecule has 500 valence electrons. The number of ether oxygens (including phenoxy) is 17. The number of benzene rings is 5. The van der Waals surface area contributed by atoms with E-state index in [1.807, 2.05) is 128 Å². The molecule has 0 radical (unpaired) electrons. The molecule has 0 spiro atoms. The standard InChI is InChI=1S/C68H81N3O22/c1-41-54(80-36-47-25-14-8-15-26-47)58(81-37-48-27-16-9-17-28-48)61(77-6)67(84-41)93-62-59(82-38-49-29-18-10-19-30-49)57(51(39-78-35-46-23-12-7-13-24-46)90-66(62)79-34-22-33-70-71-69)92-65-53(75)56(52(40-83-65)89-64(76)50-31-20-11-21-32-50)91-68-63(88-45(5)74)60(87-44(4)73)55(42(2)85-68)86-43(3)72/h7-21,23-32,41-42,51-63,65-68,75H,22,33-40H2,1-6H3/t41-,42-,51+,52-,53+,54+,55-,56-,57-,58+,59-,60+,61-,62+,63+,65-,66+,67-,68-/m0/s1. The first-order valence-electron chi connectivity index (χ1n) is 30.9. The van der Waals surface area contributed by atoms with Gasteiger partial charge in [0.15, 0.2) is 49.6 Å². The van der Waals surface area contributed by atoms with E-state index in [1.165, 1.54) is 26.2 Å². The van der Waals surface area contributed by atoms with Gasteiger partial charge in [-0.3, -0.25) is 14.4 Å². The van der Waals surface area contributed by atoms with Gasteiger partial charge in [0.25, 0.3) is 0 Å². The normalized spacial score (nSPS) is 30.2. The molecule has 4 saturated heterocycles. The predicted molar refractivity (Wildman–Crippen MR) is 327 cm³/mol. The quantitative estimate of drug-likeness (QED) is 0.0114. The predicted octanol–water partition coefficient (Wildman–Crippen LogP) is 7.80. The second-order valence-electron chi connectivity index (χ2n) is 22.7. The molecule has 4 aliphatic heterocycles. The van der Waals surface area contributed by atoms with Crippen LogP contribution in [0.1, 0.15) is 73.7 Å².